The van der Waals surface area contributed by atoms with E-state index in [0.29, 0.717) is 5.92 Å². The molecule has 1 unspecified atom stereocenters. The van der Waals surface area contributed by atoms with Crippen LogP contribution in [0.4, 0.5) is 0 Å². The van der Waals surface area contributed by atoms with Gasteiger partial charge in [-0.15, -0.1) is 0 Å². The minimum atomic E-state index is 0.277. The van der Waals surface area contributed by atoms with E-state index in [4.69, 9.17) is 0 Å². The van der Waals surface area contributed by atoms with Gasteiger partial charge in [0.15, 0.2) is 0 Å². The summed E-state index contributed by atoms with van der Waals surface area (Å²) in [4.78, 5) is 0. The number of aliphatic hydroxyl groups is 1. The third-order valence-electron chi connectivity index (χ3n) is 3.05. The van der Waals surface area contributed by atoms with Crippen LogP contribution in [0.15, 0.2) is 47.2 Å². The Kier molecular flexibility index (Phi) is 4.77. The molecule has 1 nitrogen and oxygen atoms in total. The van der Waals surface area contributed by atoms with Crippen LogP contribution in [-0.4, -0.2) is 11.7 Å². The van der Waals surface area contributed by atoms with E-state index in [1.807, 2.05) is 6.07 Å². The zero-order valence-electron chi connectivity index (χ0n) is 9.88. The molecule has 1 aromatic carbocycles. The first kappa shape index (κ1) is 12.3. The Morgan fingerprint density at radius 2 is 1.88 bits per heavy atom. The Morgan fingerprint density at radius 1 is 1.06 bits per heavy atom. The maximum absolute atomic E-state index is 9.42. The third-order valence-corrected chi connectivity index (χ3v) is 3.78. The molecule has 0 amide bonds. The molecule has 90 valence electrons. The van der Waals surface area contributed by atoms with Crippen LogP contribution in [0.1, 0.15) is 17.5 Å². The lowest BCUT2D eigenvalue weighted by Crippen LogP contribution is -2.10. The number of aryl methyl sites for hydroxylation is 1. The molecule has 1 atom stereocenters. The minimum Gasteiger partial charge on any atom is -0.396 e. The van der Waals surface area contributed by atoms with Crippen LogP contribution < -0.4 is 0 Å². The number of hydrogen-bond acceptors (Lipinski definition) is 2. The summed E-state index contributed by atoms with van der Waals surface area (Å²) in [5.74, 6) is 0.373. The third kappa shape index (κ3) is 3.99. The van der Waals surface area contributed by atoms with E-state index in [9.17, 15) is 5.11 Å². The molecule has 0 aliphatic rings. The van der Waals surface area contributed by atoms with Crippen molar-refractivity contribution < 1.29 is 5.11 Å². The molecule has 0 saturated carbocycles. The number of aliphatic hydroxyl groups excluding tert-OH is 1. The van der Waals surface area contributed by atoms with Gasteiger partial charge in [-0.3, -0.25) is 0 Å². The average molecular weight is 246 g/mol. The molecule has 1 N–H and O–H groups in total. The fraction of sp³-hybridized carbons (Fsp3) is 0.333. The lowest BCUT2D eigenvalue weighted by molar-refractivity contribution is 0.218. The fourth-order valence-corrected chi connectivity index (χ4v) is 2.71. The number of benzene rings is 1. The molecule has 0 radical (unpaired) electrons. The van der Waals surface area contributed by atoms with E-state index in [-0.39, 0.29) is 6.61 Å². The molecule has 2 heteroatoms. The van der Waals surface area contributed by atoms with Crippen LogP contribution in [-0.2, 0) is 12.8 Å². The first-order chi connectivity index (χ1) is 8.38. The van der Waals surface area contributed by atoms with Gasteiger partial charge in [-0.25, -0.2) is 0 Å². The zero-order chi connectivity index (χ0) is 11.9. The van der Waals surface area contributed by atoms with Crippen molar-refractivity contribution in [2.75, 3.05) is 6.61 Å². The quantitative estimate of drug-likeness (QED) is 0.826. The number of hydrogen-bond donors (Lipinski definition) is 1. The van der Waals surface area contributed by atoms with Gasteiger partial charge in [-0.05, 0) is 53.1 Å². The lowest BCUT2D eigenvalue weighted by atomic mass is 9.94. The molecular weight excluding hydrogens is 228 g/mol. The van der Waals surface area contributed by atoms with Crippen molar-refractivity contribution in [2.45, 2.75) is 19.3 Å². The molecular formula is C15H18OS. The average Bonchev–Trinajstić information content (AvgIpc) is 2.89. The van der Waals surface area contributed by atoms with Gasteiger partial charge >= 0.3 is 0 Å². The van der Waals surface area contributed by atoms with Crippen LogP contribution in [0.3, 0.4) is 0 Å². The Morgan fingerprint density at radius 3 is 2.53 bits per heavy atom. The molecule has 0 fully saturated rings. The molecule has 17 heavy (non-hydrogen) atoms. The minimum absolute atomic E-state index is 0.277. The maximum atomic E-state index is 9.42. The molecule has 0 aliphatic carbocycles. The molecule has 0 bridgehead atoms. The zero-order valence-corrected chi connectivity index (χ0v) is 10.7. The van der Waals surface area contributed by atoms with E-state index in [1.165, 1.54) is 11.1 Å². The summed E-state index contributed by atoms with van der Waals surface area (Å²) in [7, 11) is 0. The van der Waals surface area contributed by atoms with Crippen molar-refractivity contribution in [1.82, 2.24) is 0 Å². The van der Waals surface area contributed by atoms with Crippen LogP contribution >= 0.6 is 11.3 Å². The van der Waals surface area contributed by atoms with E-state index in [1.54, 1.807) is 11.3 Å². The van der Waals surface area contributed by atoms with E-state index >= 15 is 0 Å². The van der Waals surface area contributed by atoms with Gasteiger partial charge in [0.25, 0.3) is 0 Å². The van der Waals surface area contributed by atoms with Crippen molar-refractivity contribution >= 4 is 11.3 Å². The summed E-state index contributed by atoms with van der Waals surface area (Å²) in [5, 5.41) is 13.7. The molecule has 0 spiro atoms. The van der Waals surface area contributed by atoms with E-state index in [0.717, 1.165) is 19.3 Å². The van der Waals surface area contributed by atoms with Crippen LogP contribution in [0.2, 0.25) is 0 Å². The standard InChI is InChI=1S/C15H18OS/c16-11-15(7-6-14-8-9-17-12-14)10-13-4-2-1-3-5-13/h1-5,8-9,12,15-16H,6-7,10-11H2. The van der Waals surface area contributed by atoms with Gasteiger partial charge in [-0.1, -0.05) is 30.3 Å². The molecule has 2 rings (SSSR count). The summed E-state index contributed by atoms with van der Waals surface area (Å²) >= 11 is 1.74. The second-order valence-corrected chi connectivity index (χ2v) is 5.19. The largest absolute Gasteiger partial charge is 0.396 e. The molecule has 2 aromatic rings. The highest BCUT2D eigenvalue weighted by Crippen LogP contribution is 2.16. The van der Waals surface area contributed by atoms with E-state index < -0.39 is 0 Å². The van der Waals surface area contributed by atoms with Gasteiger partial charge in [0.1, 0.15) is 0 Å². The highest BCUT2D eigenvalue weighted by molar-refractivity contribution is 7.07. The summed E-state index contributed by atoms with van der Waals surface area (Å²) in [5.41, 5.74) is 2.71. The second kappa shape index (κ2) is 6.58. The Balaban J connectivity index is 1.85. The smallest absolute Gasteiger partial charge is 0.0462 e. The second-order valence-electron chi connectivity index (χ2n) is 4.41. The summed E-state index contributed by atoms with van der Waals surface area (Å²) < 4.78 is 0. The Hall–Kier alpha value is -1.12. The first-order valence-corrected chi connectivity index (χ1v) is 6.98. The van der Waals surface area contributed by atoms with Gasteiger partial charge in [0.2, 0.25) is 0 Å². The van der Waals surface area contributed by atoms with E-state index in [2.05, 4.69) is 41.1 Å². The topological polar surface area (TPSA) is 20.2 Å². The van der Waals surface area contributed by atoms with Crippen LogP contribution in [0.25, 0.3) is 0 Å². The predicted octanol–water partition coefficient (Wildman–Crippen LogP) is 3.53. The summed E-state index contributed by atoms with van der Waals surface area (Å²) in [6, 6.07) is 12.6. The predicted molar refractivity (Wildman–Crippen MR) is 73.4 cm³/mol. The highest BCUT2D eigenvalue weighted by atomic mass is 32.1. The molecule has 1 aromatic heterocycles. The Labute approximate surface area is 107 Å². The first-order valence-electron chi connectivity index (χ1n) is 6.04. The van der Waals surface area contributed by atoms with Gasteiger partial charge in [-0.2, -0.15) is 11.3 Å². The van der Waals surface area contributed by atoms with Crippen molar-refractivity contribution in [2.24, 2.45) is 5.92 Å². The number of rotatable bonds is 6. The molecule has 0 saturated heterocycles. The highest BCUT2D eigenvalue weighted by Gasteiger charge is 2.08. The van der Waals surface area contributed by atoms with Crippen molar-refractivity contribution in [3.05, 3.63) is 58.3 Å². The summed E-state index contributed by atoms with van der Waals surface area (Å²) in [6.45, 7) is 0.277. The number of thiophene rings is 1. The van der Waals surface area contributed by atoms with Crippen LogP contribution in [0.5, 0.6) is 0 Å². The normalized spacial score (nSPS) is 12.5. The Bertz CT molecular complexity index is 408. The monoisotopic (exact) mass is 246 g/mol. The molecule has 0 aliphatic heterocycles. The van der Waals surface area contributed by atoms with Crippen molar-refractivity contribution in [3.8, 4) is 0 Å². The van der Waals surface area contributed by atoms with Gasteiger partial charge in [0.05, 0.1) is 0 Å². The van der Waals surface area contributed by atoms with Crippen LogP contribution in [0, 0.1) is 5.92 Å². The fourth-order valence-electron chi connectivity index (χ4n) is 2.01. The van der Waals surface area contributed by atoms with Crippen molar-refractivity contribution in [1.29, 1.82) is 0 Å². The lowest BCUT2D eigenvalue weighted by Gasteiger charge is -2.13. The molecule has 1 heterocycles. The van der Waals surface area contributed by atoms with Gasteiger partial charge in [0, 0.05) is 6.61 Å². The summed E-state index contributed by atoms with van der Waals surface area (Å²) in [6.07, 6.45) is 3.10. The van der Waals surface area contributed by atoms with Gasteiger partial charge < -0.3 is 5.11 Å². The van der Waals surface area contributed by atoms with Crippen molar-refractivity contribution in [3.63, 3.8) is 0 Å². The SMILES string of the molecule is OCC(CCc1ccsc1)Cc1ccccc1. The maximum Gasteiger partial charge on any atom is 0.0462 e.